The van der Waals surface area contributed by atoms with E-state index in [1.807, 2.05) is 19.9 Å². The van der Waals surface area contributed by atoms with E-state index in [-0.39, 0.29) is 5.41 Å². The molecule has 0 heterocycles. The molecule has 1 rings (SSSR count). The first-order chi connectivity index (χ1) is 11.4. The van der Waals surface area contributed by atoms with Gasteiger partial charge in [-0.1, -0.05) is 56.4 Å². The van der Waals surface area contributed by atoms with E-state index >= 15 is 0 Å². The molecule has 0 aliphatic heterocycles. The maximum Gasteiger partial charge on any atom is 0.0703 e. The fourth-order valence-corrected chi connectivity index (χ4v) is 2.96. The van der Waals surface area contributed by atoms with Crippen LogP contribution in [-0.2, 0) is 0 Å². The van der Waals surface area contributed by atoms with Crippen LogP contribution in [0, 0.1) is 17.8 Å². The van der Waals surface area contributed by atoms with Gasteiger partial charge in [0.15, 0.2) is 0 Å². The van der Waals surface area contributed by atoms with Gasteiger partial charge in [-0.3, -0.25) is 0 Å². The summed E-state index contributed by atoms with van der Waals surface area (Å²) in [5.41, 5.74) is 4.62. The lowest BCUT2D eigenvalue weighted by molar-refractivity contribution is 0.310. The Kier molecular flexibility index (Phi) is 7.86. The van der Waals surface area contributed by atoms with Crippen LogP contribution in [0.15, 0.2) is 60.4 Å². The maximum atomic E-state index is 5.73. The van der Waals surface area contributed by atoms with Crippen molar-refractivity contribution < 1.29 is 0 Å². The largest absolute Gasteiger partial charge is 0.374 e. The third-order valence-electron chi connectivity index (χ3n) is 4.75. The SMILES string of the molecule is C#CC1(C(=C)N(CCC)CCC/C(C=C)=C/C(=C\C)C(=C)C)CC1. The number of rotatable bonds is 11. The number of allylic oxidation sites excluding steroid dienone is 7. The fraction of sp³-hybridized carbons (Fsp3) is 0.478. The molecule has 0 saturated heterocycles. The van der Waals surface area contributed by atoms with Gasteiger partial charge in [-0.25, -0.2) is 0 Å². The topological polar surface area (TPSA) is 3.24 Å². The van der Waals surface area contributed by atoms with Gasteiger partial charge in [0.25, 0.3) is 0 Å². The van der Waals surface area contributed by atoms with Gasteiger partial charge in [-0.2, -0.15) is 0 Å². The second-order valence-corrected chi connectivity index (χ2v) is 6.71. The smallest absolute Gasteiger partial charge is 0.0703 e. The van der Waals surface area contributed by atoms with E-state index in [0.29, 0.717) is 0 Å². The van der Waals surface area contributed by atoms with Gasteiger partial charge in [-0.15, -0.1) is 6.42 Å². The van der Waals surface area contributed by atoms with Crippen molar-refractivity contribution in [3.63, 3.8) is 0 Å². The van der Waals surface area contributed by atoms with Crippen molar-refractivity contribution in [3.8, 4) is 12.3 Å². The fourth-order valence-electron chi connectivity index (χ4n) is 2.96. The average Bonchev–Trinajstić information content (AvgIpc) is 3.37. The standard InChI is InChI=1S/C23H33N/c1-8-16-24(20(7)23(11-4)14-15-23)17-12-13-21(9-2)18-22(10-3)19(5)6/h4,9-10,18H,2,5,7-8,12-17H2,1,3,6H3/b21-18+,22-10+. The van der Waals surface area contributed by atoms with Gasteiger partial charge in [-0.05, 0) is 57.1 Å². The van der Waals surface area contributed by atoms with Crippen LogP contribution in [0.25, 0.3) is 0 Å². The molecule has 0 N–H and O–H groups in total. The number of terminal acetylenes is 1. The Hall–Kier alpha value is -1.94. The van der Waals surface area contributed by atoms with Crippen molar-refractivity contribution in [1.82, 2.24) is 4.90 Å². The minimum atomic E-state index is -0.0512. The Morgan fingerprint density at radius 3 is 2.38 bits per heavy atom. The lowest BCUT2D eigenvalue weighted by Crippen LogP contribution is -2.29. The van der Waals surface area contributed by atoms with Crippen LogP contribution in [0.3, 0.4) is 0 Å². The molecule has 1 aliphatic carbocycles. The Morgan fingerprint density at radius 2 is 1.96 bits per heavy atom. The second-order valence-electron chi connectivity index (χ2n) is 6.71. The molecule has 1 saturated carbocycles. The van der Waals surface area contributed by atoms with E-state index in [0.717, 1.165) is 56.5 Å². The van der Waals surface area contributed by atoms with E-state index in [4.69, 9.17) is 6.42 Å². The first-order valence-corrected chi connectivity index (χ1v) is 9.01. The normalized spacial score (nSPS) is 16.2. The van der Waals surface area contributed by atoms with Crippen molar-refractivity contribution in [2.45, 2.75) is 52.9 Å². The molecule has 0 aromatic heterocycles. The van der Waals surface area contributed by atoms with Crippen LogP contribution in [0.2, 0.25) is 0 Å². The molecule has 0 aromatic carbocycles. The molecule has 1 fully saturated rings. The highest BCUT2D eigenvalue weighted by atomic mass is 15.1. The number of nitrogens with zero attached hydrogens (tertiary/aromatic N) is 1. The maximum absolute atomic E-state index is 5.73. The summed E-state index contributed by atoms with van der Waals surface area (Å²) in [6.45, 7) is 20.6. The molecule has 1 aliphatic rings. The highest BCUT2D eigenvalue weighted by molar-refractivity contribution is 5.40. The first-order valence-electron chi connectivity index (χ1n) is 9.01. The summed E-state index contributed by atoms with van der Waals surface area (Å²) in [6.07, 6.45) is 17.3. The summed E-state index contributed by atoms with van der Waals surface area (Å²) in [4.78, 5) is 2.39. The quantitative estimate of drug-likeness (QED) is 0.331. The van der Waals surface area contributed by atoms with Crippen LogP contribution in [0.5, 0.6) is 0 Å². The van der Waals surface area contributed by atoms with Crippen molar-refractivity contribution in [3.05, 3.63) is 60.4 Å². The molecule has 1 heteroatoms. The van der Waals surface area contributed by atoms with Crippen molar-refractivity contribution in [2.75, 3.05) is 13.1 Å². The highest BCUT2D eigenvalue weighted by Gasteiger charge is 2.45. The van der Waals surface area contributed by atoms with Crippen molar-refractivity contribution >= 4 is 0 Å². The summed E-state index contributed by atoms with van der Waals surface area (Å²) in [5.74, 6) is 2.96. The van der Waals surface area contributed by atoms with Gasteiger partial charge < -0.3 is 4.90 Å². The molecule has 130 valence electrons. The van der Waals surface area contributed by atoms with Gasteiger partial charge in [0.1, 0.15) is 0 Å². The molecule has 0 bridgehead atoms. The van der Waals surface area contributed by atoms with Crippen LogP contribution in [-0.4, -0.2) is 18.0 Å². The van der Waals surface area contributed by atoms with Crippen LogP contribution in [0.1, 0.15) is 52.9 Å². The molecular weight excluding hydrogens is 290 g/mol. The zero-order chi connectivity index (χ0) is 18.2. The molecular formula is C23H33N. The van der Waals surface area contributed by atoms with E-state index < -0.39 is 0 Å². The van der Waals surface area contributed by atoms with E-state index in [1.54, 1.807) is 0 Å². The molecule has 1 nitrogen and oxygen atoms in total. The summed E-state index contributed by atoms with van der Waals surface area (Å²) in [6, 6.07) is 0. The van der Waals surface area contributed by atoms with Crippen LogP contribution >= 0.6 is 0 Å². The average molecular weight is 324 g/mol. The molecule has 0 radical (unpaired) electrons. The summed E-state index contributed by atoms with van der Waals surface area (Å²) >= 11 is 0. The molecule has 24 heavy (non-hydrogen) atoms. The second kappa shape index (κ2) is 9.38. The third-order valence-corrected chi connectivity index (χ3v) is 4.75. The van der Waals surface area contributed by atoms with Crippen LogP contribution in [0.4, 0.5) is 0 Å². The monoisotopic (exact) mass is 323 g/mol. The Bertz CT molecular complexity index is 576. The molecule has 0 aromatic rings. The predicted octanol–water partition coefficient (Wildman–Crippen LogP) is 6.04. The van der Waals surface area contributed by atoms with E-state index in [1.165, 1.54) is 11.1 Å². The van der Waals surface area contributed by atoms with E-state index in [9.17, 15) is 0 Å². The van der Waals surface area contributed by atoms with Gasteiger partial charge in [0.05, 0.1) is 5.41 Å². The molecule has 0 atom stereocenters. The van der Waals surface area contributed by atoms with Gasteiger partial charge in [0.2, 0.25) is 0 Å². The van der Waals surface area contributed by atoms with E-state index in [2.05, 4.69) is 49.6 Å². The van der Waals surface area contributed by atoms with Crippen molar-refractivity contribution in [1.29, 1.82) is 0 Å². The molecule has 0 unspecified atom stereocenters. The zero-order valence-corrected chi connectivity index (χ0v) is 15.8. The lowest BCUT2D eigenvalue weighted by Gasteiger charge is -2.30. The minimum absolute atomic E-state index is 0.0512. The predicted molar refractivity (Wildman–Crippen MR) is 108 cm³/mol. The third kappa shape index (κ3) is 5.31. The summed E-state index contributed by atoms with van der Waals surface area (Å²) in [7, 11) is 0. The van der Waals surface area contributed by atoms with Crippen LogP contribution < -0.4 is 0 Å². The summed E-state index contributed by atoms with van der Waals surface area (Å²) in [5, 5.41) is 0. The Morgan fingerprint density at radius 1 is 1.29 bits per heavy atom. The van der Waals surface area contributed by atoms with Gasteiger partial charge >= 0.3 is 0 Å². The van der Waals surface area contributed by atoms with Gasteiger partial charge in [0, 0.05) is 18.8 Å². The Labute approximate surface area is 149 Å². The number of hydrogen-bond acceptors (Lipinski definition) is 1. The first kappa shape index (κ1) is 20.1. The number of hydrogen-bond donors (Lipinski definition) is 0. The molecule has 0 spiro atoms. The molecule has 0 amide bonds. The lowest BCUT2D eigenvalue weighted by atomic mass is 10.0. The summed E-state index contributed by atoms with van der Waals surface area (Å²) < 4.78 is 0. The van der Waals surface area contributed by atoms with Crippen molar-refractivity contribution in [2.24, 2.45) is 5.41 Å². The zero-order valence-electron chi connectivity index (χ0n) is 15.8. The Balaban J connectivity index is 2.66. The highest BCUT2D eigenvalue weighted by Crippen LogP contribution is 2.51. The minimum Gasteiger partial charge on any atom is -0.374 e.